The minimum Gasteiger partial charge on any atom is -0.307 e. The second-order valence-electron chi connectivity index (χ2n) is 19.2. The van der Waals surface area contributed by atoms with Gasteiger partial charge in [-0.2, -0.15) is 0 Å². The molecule has 0 saturated carbocycles. The molecular weight excluding hydrogens is 909 g/mol. The Hall–Kier alpha value is -9.80. The summed E-state index contributed by atoms with van der Waals surface area (Å²) in [7, 11) is 0. The summed E-state index contributed by atoms with van der Waals surface area (Å²) in [5.41, 5.74) is 15.1. The van der Waals surface area contributed by atoms with Gasteiger partial charge in [-0.05, 0) is 122 Å². The molecular formula is C64H44N10. The Bertz CT molecular complexity index is 4520. The van der Waals surface area contributed by atoms with Crippen LogP contribution in [0.1, 0.15) is 23.3 Å². The summed E-state index contributed by atoms with van der Waals surface area (Å²) in [4.78, 5) is 29.9. The van der Waals surface area contributed by atoms with E-state index < -0.39 is 0 Å². The lowest BCUT2D eigenvalue weighted by Gasteiger charge is -2.19. The number of rotatable bonds is 6. The average molecular weight is 953 g/mol. The molecule has 0 amide bonds. The number of aromatic nitrogens is 10. The van der Waals surface area contributed by atoms with Gasteiger partial charge in [0.05, 0.1) is 44.1 Å². The fourth-order valence-electron chi connectivity index (χ4n) is 12.0. The van der Waals surface area contributed by atoms with Crippen LogP contribution < -0.4 is 0 Å². The maximum Gasteiger partial charge on any atom is 0.164 e. The molecule has 0 fully saturated rings. The van der Waals surface area contributed by atoms with Crippen LogP contribution in [-0.4, -0.2) is 48.2 Å². The van der Waals surface area contributed by atoms with E-state index >= 15 is 0 Å². The summed E-state index contributed by atoms with van der Waals surface area (Å²) in [5, 5.41) is 8.51. The van der Waals surface area contributed by atoms with Crippen LogP contribution in [0, 0.1) is 27.7 Å². The summed E-state index contributed by atoms with van der Waals surface area (Å²) in [6, 6.07) is 69.9. The van der Waals surface area contributed by atoms with E-state index in [-0.39, 0.29) is 0 Å². The van der Waals surface area contributed by atoms with Crippen molar-refractivity contribution in [3.63, 3.8) is 0 Å². The van der Waals surface area contributed by atoms with Crippen LogP contribution in [0.25, 0.3) is 133 Å². The molecule has 0 saturated heterocycles. The predicted molar refractivity (Wildman–Crippen MR) is 300 cm³/mol. The van der Waals surface area contributed by atoms with Crippen molar-refractivity contribution in [3.8, 4) is 45.5 Å². The third-order valence-corrected chi connectivity index (χ3v) is 14.7. The normalized spacial score (nSPS) is 12.1. The first-order chi connectivity index (χ1) is 36.4. The van der Waals surface area contributed by atoms with E-state index in [1.54, 1.807) is 0 Å². The molecule has 0 unspecified atom stereocenters. The number of hydrogen-bond acceptors (Lipinski definition) is 6. The van der Waals surface area contributed by atoms with Gasteiger partial charge in [0.1, 0.15) is 23.3 Å². The molecule has 6 aromatic heterocycles. The highest BCUT2D eigenvalue weighted by molar-refractivity contribution is 6.24. The first kappa shape index (κ1) is 41.9. The molecule has 15 rings (SSSR count). The number of para-hydroxylation sites is 6. The smallest absolute Gasteiger partial charge is 0.164 e. The van der Waals surface area contributed by atoms with Crippen molar-refractivity contribution in [2.75, 3.05) is 0 Å². The van der Waals surface area contributed by atoms with Crippen LogP contribution >= 0.6 is 0 Å². The van der Waals surface area contributed by atoms with Crippen LogP contribution in [0.3, 0.4) is 0 Å². The van der Waals surface area contributed by atoms with E-state index in [0.29, 0.717) is 34.9 Å². The second-order valence-corrected chi connectivity index (χ2v) is 19.2. The molecule has 0 aliphatic rings. The Balaban J connectivity index is 1.11. The van der Waals surface area contributed by atoms with Crippen molar-refractivity contribution in [2.24, 2.45) is 0 Å². The van der Waals surface area contributed by atoms with E-state index in [4.69, 9.17) is 24.9 Å². The maximum absolute atomic E-state index is 5.19. The Morgan fingerprint density at radius 3 is 0.865 bits per heavy atom. The molecule has 9 aromatic carbocycles. The number of aryl methyl sites for hydroxylation is 4. The van der Waals surface area contributed by atoms with Gasteiger partial charge in [0, 0.05) is 55.4 Å². The molecule has 0 atom stereocenters. The molecule has 10 nitrogen and oxygen atoms in total. The zero-order chi connectivity index (χ0) is 49.3. The summed E-state index contributed by atoms with van der Waals surface area (Å²) >= 11 is 0. The Morgan fingerprint density at radius 1 is 0.243 bits per heavy atom. The van der Waals surface area contributed by atoms with Gasteiger partial charge in [0.15, 0.2) is 11.6 Å². The Morgan fingerprint density at radius 2 is 0.527 bits per heavy atom. The van der Waals surface area contributed by atoms with Crippen molar-refractivity contribution in [3.05, 3.63) is 217 Å². The summed E-state index contributed by atoms with van der Waals surface area (Å²) < 4.78 is 9.68. The van der Waals surface area contributed by atoms with E-state index in [0.717, 1.165) is 121 Å². The standard InChI is InChI=1S/C64H44N10/c1-37-65-38(2)68-63(67-37)57-45-33-31-43(73-55-29-17-13-25-49(55)59-61(73)47-23-11-15-27-53(47)71(59)41-19-7-5-8-20-41)35-51(45)58(64-69-39(3)66-40(4)70-64)52-36-44(32-34-46(52)57)74-56-30-18-14-26-50(56)60-62(74)48-24-12-16-28-54(48)72(60)42-21-9-6-10-22-42/h5-36H,1-4H3. The number of benzene rings is 9. The first-order valence-corrected chi connectivity index (χ1v) is 25.0. The molecule has 15 aromatic rings. The molecule has 0 radical (unpaired) electrons. The molecule has 10 heteroatoms. The third-order valence-electron chi connectivity index (χ3n) is 14.7. The summed E-state index contributed by atoms with van der Waals surface area (Å²) in [5.74, 6) is 3.81. The highest BCUT2D eigenvalue weighted by Gasteiger charge is 2.27. The average Bonchev–Trinajstić information content (AvgIpc) is 4.16. The molecule has 0 aliphatic heterocycles. The summed E-state index contributed by atoms with van der Waals surface area (Å²) in [6.07, 6.45) is 0. The maximum atomic E-state index is 5.19. The minimum atomic E-state index is 0.597. The highest BCUT2D eigenvalue weighted by Crippen LogP contribution is 2.47. The van der Waals surface area contributed by atoms with E-state index in [1.165, 1.54) is 0 Å². The molecule has 0 spiro atoms. The van der Waals surface area contributed by atoms with Gasteiger partial charge in [-0.25, -0.2) is 29.9 Å². The van der Waals surface area contributed by atoms with Gasteiger partial charge >= 0.3 is 0 Å². The van der Waals surface area contributed by atoms with Crippen molar-refractivity contribution in [1.29, 1.82) is 0 Å². The predicted octanol–water partition coefficient (Wildman–Crippen LogP) is 15.0. The minimum absolute atomic E-state index is 0.597. The van der Waals surface area contributed by atoms with Crippen molar-refractivity contribution >= 4 is 87.2 Å². The summed E-state index contributed by atoms with van der Waals surface area (Å²) in [6.45, 7) is 7.76. The van der Waals surface area contributed by atoms with Crippen LogP contribution in [0.2, 0.25) is 0 Å². The zero-order valence-electron chi connectivity index (χ0n) is 40.9. The third kappa shape index (κ3) is 6.05. The molecule has 0 aliphatic carbocycles. The van der Waals surface area contributed by atoms with Gasteiger partial charge < -0.3 is 18.3 Å². The first-order valence-electron chi connectivity index (χ1n) is 25.0. The van der Waals surface area contributed by atoms with Crippen molar-refractivity contribution < 1.29 is 0 Å². The molecule has 350 valence electrons. The SMILES string of the molecule is Cc1nc(C)nc(-c2c3ccc(-n4c5ccccc5c5c4c4ccccc4n5-c4ccccc4)cc3c(-c3nc(C)nc(C)n3)c3cc(-n4c5ccccc5c5c4c4ccccc4n5-c4ccccc4)ccc23)n1. The number of hydrogen-bond donors (Lipinski definition) is 0. The van der Waals surface area contributed by atoms with Crippen LogP contribution in [0.15, 0.2) is 194 Å². The lowest BCUT2D eigenvalue weighted by Crippen LogP contribution is -2.04. The van der Waals surface area contributed by atoms with Gasteiger partial charge in [-0.3, -0.25) is 0 Å². The Kier molecular flexibility index (Phi) is 8.98. The van der Waals surface area contributed by atoms with E-state index in [9.17, 15) is 0 Å². The highest BCUT2D eigenvalue weighted by atomic mass is 15.1. The fourth-order valence-corrected chi connectivity index (χ4v) is 12.0. The van der Waals surface area contributed by atoms with Gasteiger partial charge in [0.25, 0.3) is 0 Å². The largest absolute Gasteiger partial charge is 0.307 e. The van der Waals surface area contributed by atoms with E-state index in [1.807, 2.05) is 27.7 Å². The molecule has 6 heterocycles. The lowest BCUT2D eigenvalue weighted by atomic mass is 9.90. The van der Waals surface area contributed by atoms with Gasteiger partial charge in [-0.15, -0.1) is 0 Å². The van der Waals surface area contributed by atoms with Gasteiger partial charge in [-0.1, -0.05) is 121 Å². The molecule has 0 bridgehead atoms. The van der Waals surface area contributed by atoms with Crippen molar-refractivity contribution in [1.82, 2.24) is 48.2 Å². The number of nitrogens with zero attached hydrogens (tertiary/aromatic N) is 10. The number of fused-ring (bicyclic) bond motifs is 12. The lowest BCUT2D eigenvalue weighted by molar-refractivity contribution is 0.928. The monoisotopic (exact) mass is 952 g/mol. The topological polar surface area (TPSA) is 97.1 Å². The van der Waals surface area contributed by atoms with E-state index in [2.05, 4.69) is 217 Å². The van der Waals surface area contributed by atoms with Crippen molar-refractivity contribution in [2.45, 2.75) is 27.7 Å². The van der Waals surface area contributed by atoms with Gasteiger partial charge in [0.2, 0.25) is 0 Å². The zero-order valence-corrected chi connectivity index (χ0v) is 40.9. The van der Waals surface area contributed by atoms with Crippen LogP contribution in [0.5, 0.6) is 0 Å². The fraction of sp³-hybridized carbons (Fsp3) is 0.0625. The van der Waals surface area contributed by atoms with Crippen LogP contribution in [0.4, 0.5) is 0 Å². The Labute approximate surface area is 424 Å². The molecule has 74 heavy (non-hydrogen) atoms. The molecule has 0 N–H and O–H groups in total. The second kappa shape index (κ2) is 15.9. The van der Waals surface area contributed by atoms with Crippen LogP contribution in [-0.2, 0) is 0 Å². The quantitative estimate of drug-likeness (QED) is 0.154.